The molecule has 0 aliphatic rings. The summed E-state index contributed by atoms with van der Waals surface area (Å²) in [7, 11) is 3.60. The zero-order valence-electron chi connectivity index (χ0n) is 11.4. The number of rotatable bonds is 6. The summed E-state index contributed by atoms with van der Waals surface area (Å²) in [5.41, 5.74) is 0.842. The minimum Gasteiger partial charge on any atom is -0.379 e. The first kappa shape index (κ1) is 15.4. The molecule has 0 saturated carbocycles. The van der Waals surface area contributed by atoms with Crippen LogP contribution in [0.1, 0.15) is 38.3 Å². The van der Waals surface area contributed by atoms with Crippen molar-refractivity contribution in [1.82, 2.24) is 5.32 Å². The third kappa shape index (κ3) is 4.23. The maximum Gasteiger partial charge on any atom is 0.141 e. The molecule has 0 amide bonds. The van der Waals surface area contributed by atoms with Crippen molar-refractivity contribution in [2.24, 2.45) is 0 Å². The molecule has 102 valence electrons. The summed E-state index contributed by atoms with van der Waals surface area (Å²) in [4.78, 5) is 0. The summed E-state index contributed by atoms with van der Waals surface area (Å²) >= 11 is 5.80. The Hall–Kier alpha value is -0.640. The van der Waals surface area contributed by atoms with Crippen LogP contribution in [-0.4, -0.2) is 19.8 Å². The molecule has 0 saturated heterocycles. The van der Waals surface area contributed by atoms with Crippen LogP contribution in [0.5, 0.6) is 0 Å². The van der Waals surface area contributed by atoms with Crippen molar-refractivity contribution in [2.75, 3.05) is 14.2 Å². The summed E-state index contributed by atoms with van der Waals surface area (Å²) in [5, 5.41) is 3.39. The minimum atomic E-state index is -0.382. The third-order valence-corrected chi connectivity index (χ3v) is 3.57. The molecule has 0 aromatic heterocycles. The van der Waals surface area contributed by atoms with E-state index in [9.17, 15) is 4.39 Å². The largest absolute Gasteiger partial charge is 0.379 e. The van der Waals surface area contributed by atoms with E-state index < -0.39 is 0 Å². The number of benzene rings is 1. The fraction of sp³-hybridized carbons (Fsp3) is 0.571. The first-order chi connectivity index (χ1) is 8.39. The maximum atomic E-state index is 13.1. The Kier molecular flexibility index (Phi) is 5.57. The molecule has 4 heteroatoms. The van der Waals surface area contributed by atoms with E-state index in [1.165, 1.54) is 6.07 Å². The highest BCUT2D eigenvalue weighted by Gasteiger charge is 2.19. The van der Waals surface area contributed by atoms with Crippen molar-refractivity contribution >= 4 is 11.6 Å². The number of ether oxygens (including phenoxy) is 1. The molecular weight excluding hydrogens is 253 g/mol. The molecule has 1 N–H and O–H groups in total. The predicted molar refractivity (Wildman–Crippen MR) is 73.5 cm³/mol. The molecule has 0 radical (unpaired) electrons. The fourth-order valence-corrected chi connectivity index (χ4v) is 1.99. The van der Waals surface area contributed by atoms with Crippen molar-refractivity contribution < 1.29 is 9.13 Å². The highest BCUT2D eigenvalue weighted by Crippen LogP contribution is 2.26. The molecule has 18 heavy (non-hydrogen) atoms. The lowest BCUT2D eigenvalue weighted by molar-refractivity contribution is 0.0118. The Morgan fingerprint density at radius 1 is 1.44 bits per heavy atom. The van der Waals surface area contributed by atoms with E-state index in [1.807, 2.05) is 7.05 Å². The monoisotopic (exact) mass is 273 g/mol. The Balaban J connectivity index is 2.74. The molecular formula is C14H21ClFNO. The molecule has 0 fully saturated rings. The quantitative estimate of drug-likeness (QED) is 0.847. The van der Waals surface area contributed by atoms with E-state index in [1.54, 1.807) is 19.2 Å². The second kappa shape index (κ2) is 6.50. The van der Waals surface area contributed by atoms with E-state index in [4.69, 9.17) is 16.3 Å². The standard InChI is InChI=1S/C14H21ClFNO/c1-14(2,18-4)8-7-13(17-3)10-5-6-12(16)11(15)9-10/h5-6,9,13,17H,7-8H2,1-4H3. The summed E-state index contributed by atoms with van der Waals surface area (Å²) in [6.07, 6.45) is 1.81. The lowest BCUT2D eigenvalue weighted by atomic mass is 9.95. The number of methoxy groups -OCH3 is 1. The molecule has 1 rings (SSSR count). The molecule has 1 unspecified atom stereocenters. The first-order valence-electron chi connectivity index (χ1n) is 6.07. The van der Waals surface area contributed by atoms with Crippen LogP contribution in [0.3, 0.4) is 0 Å². The zero-order valence-corrected chi connectivity index (χ0v) is 12.1. The number of hydrogen-bond donors (Lipinski definition) is 1. The van der Waals surface area contributed by atoms with Crippen LogP contribution in [0, 0.1) is 5.82 Å². The van der Waals surface area contributed by atoms with Crippen LogP contribution >= 0.6 is 11.6 Å². The van der Waals surface area contributed by atoms with Crippen LogP contribution in [-0.2, 0) is 4.74 Å². The highest BCUT2D eigenvalue weighted by atomic mass is 35.5. The molecule has 0 spiro atoms. The average molecular weight is 274 g/mol. The number of hydrogen-bond acceptors (Lipinski definition) is 2. The lowest BCUT2D eigenvalue weighted by Gasteiger charge is -2.26. The highest BCUT2D eigenvalue weighted by molar-refractivity contribution is 6.30. The van der Waals surface area contributed by atoms with E-state index in [-0.39, 0.29) is 22.5 Å². The molecule has 0 bridgehead atoms. The zero-order chi connectivity index (χ0) is 13.8. The Morgan fingerprint density at radius 2 is 2.11 bits per heavy atom. The van der Waals surface area contributed by atoms with Crippen LogP contribution in [0.25, 0.3) is 0 Å². The molecule has 1 aromatic carbocycles. The van der Waals surface area contributed by atoms with E-state index in [0.29, 0.717) is 0 Å². The van der Waals surface area contributed by atoms with Gasteiger partial charge in [-0.25, -0.2) is 4.39 Å². The van der Waals surface area contributed by atoms with Crippen molar-refractivity contribution in [3.8, 4) is 0 Å². The van der Waals surface area contributed by atoms with Gasteiger partial charge in [-0.15, -0.1) is 0 Å². The average Bonchev–Trinajstić information content (AvgIpc) is 2.34. The summed E-state index contributed by atoms with van der Waals surface area (Å²) < 4.78 is 18.5. The second-order valence-corrected chi connectivity index (χ2v) is 5.42. The van der Waals surface area contributed by atoms with Crippen molar-refractivity contribution in [3.05, 3.63) is 34.6 Å². The first-order valence-corrected chi connectivity index (χ1v) is 6.45. The Labute approximate surface area is 113 Å². The number of nitrogens with one attached hydrogen (secondary N) is 1. The summed E-state index contributed by atoms with van der Waals surface area (Å²) in [6.45, 7) is 4.11. The SMILES string of the molecule is CNC(CCC(C)(C)OC)c1ccc(F)c(Cl)c1. The smallest absolute Gasteiger partial charge is 0.141 e. The van der Waals surface area contributed by atoms with Gasteiger partial charge in [0.25, 0.3) is 0 Å². The third-order valence-electron chi connectivity index (χ3n) is 3.28. The van der Waals surface area contributed by atoms with Crippen LogP contribution < -0.4 is 5.32 Å². The minimum absolute atomic E-state index is 0.150. The normalized spacial score (nSPS) is 13.7. The van der Waals surface area contributed by atoms with Gasteiger partial charge in [0, 0.05) is 13.2 Å². The topological polar surface area (TPSA) is 21.3 Å². The van der Waals surface area contributed by atoms with E-state index >= 15 is 0 Å². The van der Waals surface area contributed by atoms with Crippen molar-refractivity contribution in [2.45, 2.75) is 38.3 Å². The Bertz CT molecular complexity index is 395. The maximum absolute atomic E-state index is 13.1. The predicted octanol–water partition coefficient (Wildman–Crippen LogP) is 3.94. The molecule has 1 aromatic rings. The van der Waals surface area contributed by atoms with Gasteiger partial charge in [-0.2, -0.15) is 0 Å². The molecule has 0 aliphatic carbocycles. The Morgan fingerprint density at radius 3 is 2.61 bits per heavy atom. The van der Waals surface area contributed by atoms with Gasteiger partial charge < -0.3 is 10.1 Å². The molecule has 0 aliphatic heterocycles. The molecule has 1 atom stereocenters. The van der Waals surface area contributed by atoms with Crippen molar-refractivity contribution in [3.63, 3.8) is 0 Å². The van der Waals surface area contributed by atoms with E-state index in [0.717, 1.165) is 18.4 Å². The fourth-order valence-electron chi connectivity index (χ4n) is 1.80. The van der Waals surface area contributed by atoms with Crippen LogP contribution in [0.15, 0.2) is 18.2 Å². The van der Waals surface area contributed by atoms with Crippen LogP contribution in [0.2, 0.25) is 5.02 Å². The van der Waals surface area contributed by atoms with Gasteiger partial charge in [0.2, 0.25) is 0 Å². The van der Waals surface area contributed by atoms with Gasteiger partial charge in [-0.3, -0.25) is 0 Å². The summed E-state index contributed by atoms with van der Waals surface area (Å²) in [5.74, 6) is -0.382. The van der Waals surface area contributed by atoms with Gasteiger partial charge in [-0.1, -0.05) is 17.7 Å². The summed E-state index contributed by atoms with van der Waals surface area (Å²) in [6, 6.07) is 5.00. The van der Waals surface area contributed by atoms with E-state index in [2.05, 4.69) is 19.2 Å². The number of halogens is 2. The van der Waals surface area contributed by atoms with Gasteiger partial charge in [-0.05, 0) is 51.4 Å². The van der Waals surface area contributed by atoms with Gasteiger partial charge in [0.1, 0.15) is 5.82 Å². The molecule has 0 heterocycles. The van der Waals surface area contributed by atoms with Gasteiger partial charge in [0.15, 0.2) is 0 Å². The van der Waals surface area contributed by atoms with Gasteiger partial charge in [0.05, 0.1) is 10.6 Å². The molecule has 2 nitrogen and oxygen atoms in total. The lowest BCUT2D eigenvalue weighted by Crippen LogP contribution is -2.26. The second-order valence-electron chi connectivity index (χ2n) is 5.02. The van der Waals surface area contributed by atoms with Gasteiger partial charge >= 0.3 is 0 Å². The van der Waals surface area contributed by atoms with Crippen molar-refractivity contribution in [1.29, 1.82) is 0 Å². The van der Waals surface area contributed by atoms with Crippen LogP contribution in [0.4, 0.5) is 4.39 Å².